The van der Waals surface area contributed by atoms with Crippen LogP contribution in [0.1, 0.15) is 56.2 Å². The van der Waals surface area contributed by atoms with Crippen molar-refractivity contribution in [3.05, 3.63) is 34.9 Å². The zero-order chi connectivity index (χ0) is 14.3. The first-order chi connectivity index (χ1) is 9.10. The number of rotatable bonds is 5. The van der Waals surface area contributed by atoms with E-state index in [4.69, 9.17) is 0 Å². The van der Waals surface area contributed by atoms with E-state index in [-0.39, 0.29) is 0 Å². The molecule has 0 aliphatic rings. The molecule has 0 fully saturated rings. The van der Waals surface area contributed by atoms with E-state index < -0.39 is 6.10 Å². The van der Waals surface area contributed by atoms with Crippen molar-refractivity contribution < 1.29 is 5.11 Å². The maximum absolute atomic E-state index is 10.2. The molecule has 1 aromatic rings. The summed E-state index contributed by atoms with van der Waals surface area (Å²) in [6.45, 7) is 8.48. The Labute approximate surface area is 118 Å². The fourth-order valence-electron chi connectivity index (χ4n) is 2.21. The molecular weight excluding hydrogens is 232 g/mol. The van der Waals surface area contributed by atoms with Gasteiger partial charge in [0.05, 0.1) is 0 Å². The Kier molecular flexibility index (Phi) is 6.67. The Morgan fingerprint density at radius 3 is 2.58 bits per heavy atom. The summed E-state index contributed by atoms with van der Waals surface area (Å²) in [5.74, 6) is 6.48. The Morgan fingerprint density at radius 1 is 1.21 bits per heavy atom. The molecule has 0 spiro atoms. The molecule has 104 valence electrons. The maximum Gasteiger partial charge on any atom is 0.117 e. The van der Waals surface area contributed by atoms with E-state index in [1.165, 1.54) is 24.0 Å². The monoisotopic (exact) mass is 258 g/mol. The van der Waals surface area contributed by atoms with Gasteiger partial charge in [-0.2, -0.15) is 0 Å². The summed E-state index contributed by atoms with van der Waals surface area (Å²) in [4.78, 5) is 0. The molecule has 0 aliphatic carbocycles. The molecule has 0 saturated heterocycles. The summed E-state index contributed by atoms with van der Waals surface area (Å²) in [7, 11) is 0. The normalized spacial score (nSPS) is 13.5. The highest BCUT2D eigenvalue weighted by Gasteiger charge is 2.14. The lowest BCUT2D eigenvalue weighted by atomic mass is 9.93. The lowest BCUT2D eigenvalue weighted by Gasteiger charge is -2.16. The first-order valence-corrected chi connectivity index (χ1v) is 7.35. The van der Waals surface area contributed by atoms with Crippen LogP contribution in [0.2, 0.25) is 0 Å². The van der Waals surface area contributed by atoms with Gasteiger partial charge in [-0.3, -0.25) is 0 Å². The minimum atomic E-state index is -0.503. The van der Waals surface area contributed by atoms with Gasteiger partial charge in [0.15, 0.2) is 0 Å². The lowest BCUT2D eigenvalue weighted by Crippen LogP contribution is -2.17. The Bertz CT molecular complexity index is 450. The third kappa shape index (κ3) is 4.73. The van der Waals surface area contributed by atoms with Crippen LogP contribution in [0.25, 0.3) is 0 Å². The van der Waals surface area contributed by atoms with Crippen molar-refractivity contribution in [3.63, 3.8) is 0 Å². The molecule has 1 aromatic carbocycles. The van der Waals surface area contributed by atoms with Crippen LogP contribution in [0.3, 0.4) is 0 Å². The molecule has 0 saturated carbocycles. The van der Waals surface area contributed by atoms with Gasteiger partial charge in [-0.15, -0.1) is 0 Å². The fraction of sp³-hybridized carbons (Fsp3) is 0.556. The van der Waals surface area contributed by atoms with E-state index in [0.29, 0.717) is 5.92 Å². The van der Waals surface area contributed by atoms with Crippen molar-refractivity contribution >= 4 is 0 Å². The molecule has 1 N–H and O–H groups in total. The summed E-state index contributed by atoms with van der Waals surface area (Å²) in [5.41, 5.74) is 3.49. The number of benzene rings is 1. The SMILES string of the molecule is CCCCC(CC)C(O)C#Cc1cccc(C)c1C. The summed E-state index contributed by atoms with van der Waals surface area (Å²) in [6, 6.07) is 6.13. The molecule has 1 heteroatoms. The van der Waals surface area contributed by atoms with Crippen LogP contribution in [-0.4, -0.2) is 11.2 Å². The van der Waals surface area contributed by atoms with Gasteiger partial charge < -0.3 is 5.11 Å². The third-order valence-electron chi connectivity index (χ3n) is 3.86. The van der Waals surface area contributed by atoms with Gasteiger partial charge in [0.25, 0.3) is 0 Å². The van der Waals surface area contributed by atoms with E-state index in [9.17, 15) is 5.11 Å². The first-order valence-electron chi connectivity index (χ1n) is 7.35. The van der Waals surface area contributed by atoms with Gasteiger partial charge in [-0.1, -0.05) is 50.7 Å². The molecule has 1 rings (SSSR count). The second-order valence-corrected chi connectivity index (χ2v) is 5.27. The minimum absolute atomic E-state index is 0.303. The molecule has 1 nitrogen and oxygen atoms in total. The maximum atomic E-state index is 10.2. The molecule has 2 unspecified atom stereocenters. The standard InChI is InChI=1S/C18H26O/c1-5-7-10-16(6-2)18(19)13-12-17-11-8-9-14(3)15(17)4/h8-9,11,16,18-19H,5-7,10H2,1-4H3. The molecular formula is C18H26O. The van der Waals surface area contributed by atoms with E-state index in [1.54, 1.807) is 0 Å². The number of unbranched alkanes of at least 4 members (excludes halogenated alkanes) is 1. The van der Waals surface area contributed by atoms with Gasteiger partial charge >= 0.3 is 0 Å². The van der Waals surface area contributed by atoms with Gasteiger partial charge in [0.2, 0.25) is 0 Å². The zero-order valence-corrected chi connectivity index (χ0v) is 12.7. The van der Waals surface area contributed by atoms with E-state index in [1.807, 2.05) is 12.1 Å². The number of hydrogen-bond acceptors (Lipinski definition) is 1. The summed E-state index contributed by atoms with van der Waals surface area (Å²) >= 11 is 0. The van der Waals surface area contributed by atoms with Crippen LogP contribution in [0.5, 0.6) is 0 Å². The predicted molar refractivity (Wildman–Crippen MR) is 82.1 cm³/mol. The Morgan fingerprint density at radius 2 is 1.95 bits per heavy atom. The topological polar surface area (TPSA) is 20.2 Å². The molecule has 0 bridgehead atoms. The molecule has 0 amide bonds. The van der Waals surface area contributed by atoms with Crippen LogP contribution in [0, 0.1) is 31.6 Å². The van der Waals surface area contributed by atoms with Gasteiger partial charge in [0, 0.05) is 5.56 Å². The van der Waals surface area contributed by atoms with Crippen molar-refractivity contribution in [1.82, 2.24) is 0 Å². The highest BCUT2D eigenvalue weighted by molar-refractivity contribution is 5.44. The number of aliphatic hydroxyl groups excluding tert-OH is 1. The average molecular weight is 258 g/mol. The van der Waals surface area contributed by atoms with Crippen molar-refractivity contribution in [2.24, 2.45) is 5.92 Å². The van der Waals surface area contributed by atoms with Gasteiger partial charge in [-0.05, 0) is 49.8 Å². The molecule has 0 radical (unpaired) electrons. The Balaban J connectivity index is 2.78. The predicted octanol–water partition coefficient (Wildman–Crippen LogP) is 4.23. The number of aryl methyl sites for hydroxylation is 1. The van der Waals surface area contributed by atoms with Crippen molar-refractivity contribution in [1.29, 1.82) is 0 Å². The van der Waals surface area contributed by atoms with E-state index in [0.717, 1.165) is 18.4 Å². The van der Waals surface area contributed by atoms with E-state index in [2.05, 4.69) is 45.6 Å². The fourth-order valence-corrected chi connectivity index (χ4v) is 2.21. The molecule has 0 aliphatic heterocycles. The van der Waals surface area contributed by atoms with Gasteiger partial charge in [0.1, 0.15) is 6.10 Å². The second kappa shape index (κ2) is 8.02. The van der Waals surface area contributed by atoms with Crippen molar-refractivity contribution in [2.75, 3.05) is 0 Å². The van der Waals surface area contributed by atoms with Crippen molar-refractivity contribution in [2.45, 2.75) is 59.5 Å². The third-order valence-corrected chi connectivity index (χ3v) is 3.86. The minimum Gasteiger partial charge on any atom is -0.380 e. The second-order valence-electron chi connectivity index (χ2n) is 5.27. The number of aliphatic hydroxyl groups is 1. The van der Waals surface area contributed by atoms with Crippen LogP contribution in [0.15, 0.2) is 18.2 Å². The Hall–Kier alpha value is -1.26. The molecule has 19 heavy (non-hydrogen) atoms. The van der Waals surface area contributed by atoms with Crippen molar-refractivity contribution in [3.8, 4) is 11.8 Å². The number of hydrogen-bond donors (Lipinski definition) is 1. The van der Waals surface area contributed by atoms with E-state index >= 15 is 0 Å². The van der Waals surface area contributed by atoms with Crippen LogP contribution >= 0.6 is 0 Å². The largest absolute Gasteiger partial charge is 0.380 e. The van der Waals surface area contributed by atoms with Gasteiger partial charge in [-0.25, -0.2) is 0 Å². The molecule has 0 heterocycles. The summed E-state index contributed by atoms with van der Waals surface area (Å²) in [6.07, 6.45) is 3.89. The van der Waals surface area contributed by atoms with Crippen LogP contribution in [-0.2, 0) is 0 Å². The quantitative estimate of drug-likeness (QED) is 0.784. The summed E-state index contributed by atoms with van der Waals surface area (Å²) < 4.78 is 0. The smallest absolute Gasteiger partial charge is 0.117 e. The first kappa shape index (κ1) is 15.8. The highest BCUT2D eigenvalue weighted by atomic mass is 16.3. The zero-order valence-electron chi connectivity index (χ0n) is 12.7. The lowest BCUT2D eigenvalue weighted by molar-refractivity contribution is 0.150. The van der Waals surface area contributed by atoms with Crippen LogP contribution in [0.4, 0.5) is 0 Å². The highest BCUT2D eigenvalue weighted by Crippen LogP contribution is 2.17. The molecule has 0 aromatic heterocycles. The summed E-state index contributed by atoms with van der Waals surface area (Å²) in [5, 5.41) is 10.2. The molecule has 2 atom stereocenters. The average Bonchev–Trinajstić information content (AvgIpc) is 2.41. The van der Waals surface area contributed by atoms with Crippen LogP contribution < -0.4 is 0 Å².